The van der Waals surface area contributed by atoms with E-state index in [1.807, 2.05) is 36.6 Å². The van der Waals surface area contributed by atoms with Crippen LogP contribution in [0, 0.1) is 0 Å². The van der Waals surface area contributed by atoms with Gasteiger partial charge in [0.25, 0.3) is 0 Å². The van der Waals surface area contributed by atoms with Gasteiger partial charge in [-0.15, -0.1) is 11.3 Å². The summed E-state index contributed by atoms with van der Waals surface area (Å²) < 4.78 is 0. The smallest absolute Gasteiger partial charge is 0.226 e. The highest BCUT2D eigenvalue weighted by Crippen LogP contribution is 2.26. The van der Waals surface area contributed by atoms with Gasteiger partial charge in [0.2, 0.25) is 11.8 Å². The molecule has 0 spiro atoms. The van der Waals surface area contributed by atoms with Crippen LogP contribution in [0.25, 0.3) is 10.6 Å². The standard InChI is InChI=1S/C16H19N3O2S/c1-3-7-17-15(21)9-14-10-22-16(19-14)12-5-4-6-13(8-12)18-11(2)20/h4-6,8,10H,3,7,9H2,1-2H3,(H,17,21)(H,18,20). The van der Waals surface area contributed by atoms with E-state index in [1.165, 1.54) is 18.3 Å². The number of benzene rings is 1. The molecule has 0 saturated carbocycles. The van der Waals surface area contributed by atoms with Crippen molar-refractivity contribution in [2.75, 3.05) is 11.9 Å². The predicted octanol–water partition coefficient (Wildman–Crippen LogP) is 2.84. The summed E-state index contributed by atoms with van der Waals surface area (Å²) in [7, 11) is 0. The number of hydrogen-bond donors (Lipinski definition) is 2. The van der Waals surface area contributed by atoms with Gasteiger partial charge in [0.1, 0.15) is 5.01 Å². The Morgan fingerprint density at radius 3 is 2.86 bits per heavy atom. The third-order valence-corrected chi connectivity index (χ3v) is 3.84. The summed E-state index contributed by atoms with van der Waals surface area (Å²) in [5.74, 6) is -0.115. The average molecular weight is 317 g/mol. The molecule has 2 aromatic rings. The molecule has 2 rings (SSSR count). The van der Waals surface area contributed by atoms with Crippen LogP contribution in [0.4, 0.5) is 5.69 Å². The van der Waals surface area contributed by atoms with Crippen LogP contribution in [0.3, 0.4) is 0 Å². The molecule has 1 aromatic carbocycles. The molecular weight excluding hydrogens is 298 g/mol. The van der Waals surface area contributed by atoms with Crippen molar-refractivity contribution < 1.29 is 9.59 Å². The maximum absolute atomic E-state index is 11.7. The monoisotopic (exact) mass is 317 g/mol. The number of nitrogens with zero attached hydrogens (tertiary/aromatic N) is 1. The quantitative estimate of drug-likeness (QED) is 0.860. The molecule has 6 heteroatoms. The van der Waals surface area contributed by atoms with E-state index in [0.717, 1.165) is 28.4 Å². The van der Waals surface area contributed by atoms with Gasteiger partial charge >= 0.3 is 0 Å². The van der Waals surface area contributed by atoms with Crippen molar-refractivity contribution in [2.45, 2.75) is 26.7 Å². The Morgan fingerprint density at radius 2 is 2.14 bits per heavy atom. The third-order valence-electron chi connectivity index (χ3n) is 2.90. The summed E-state index contributed by atoms with van der Waals surface area (Å²) in [5.41, 5.74) is 2.43. The molecule has 1 heterocycles. The molecular formula is C16H19N3O2S. The molecule has 0 aliphatic heterocycles. The van der Waals surface area contributed by atoms with Gasteiger partial charge in [-0.2, -0.15) is 0 Å². The molecule has 0 aliphatic rings. The Labute approximate surface area is 133 Å². The van der Waals surface area contributed by atoms with Crippen molar-refractivity contribution >= 4 is 28.8 Å². The minimum Gasteiger partial charge on any atom is -0.356 e. The normalized spacial score (nSPS) is 10.3. The van der Waals surface area contributed by atoms with Crippen LogP contribution in [-0.2, 0) is 16.0 Å². The van der Waals surface area contributed by atoms with Crippen molar-refractivity contribution in [1.82, 2.24) is 10.3 Å². The summed E-state index contributed by atoms with van der Waals surface area (Å²) >= 11 is 1.49. The minimum absolute atomic E-state index is 0.00861. The number of anilines is 1. The van der Waals surface area contributed by atoms with E-state index in [9.17, 15) is 9.59 Å². The zero-order valence-electron chi connectivity index (χ0n) is 12.7. The zero-order chi connectivity index (χ0) is 15.9. The first kappa shape index (κ1) is 16.2. The zero-order valence-corrected chi connectivity index (χ0v) is 13.5. The number of nitrogens with one attached hydrogen (secondary N) is 2. The van der Waals surface area contributed by atoms with Gasteiger partial charge in [-0.05, 0) is 18.6 Å². The molecule has 0 aliphatic carbocycles. The number of hydrogen-bond acceptors (Lipinski definition) is 4. The maximum atomic E-state index is 11.7. The van der Waals surface area contributed by atoms with E-state index in [2.05, 4.69) is 15.6 Å². The van der Waals surface area contributed by atoms with Crippen molar-refractivity contribution in [2.24, 2.45) is 0 Å². The third kappa shape index (κ3) is 4.66. The average Bonchev–Trinajstić information content (AvgIpc) is 2.93. The lowest BCUT2D eigenvalue weighted by atomic mass is 10.2. The largest absolute Gasteiger partial charge is 0.356 e. The number of carbonyl (C=O) groups excluding carboxylic acids is 2. The molecule has 0 unspecified atom stereocenters. The van der Waals surface area contributed by atoms with Gasteiger partial charge in [-0.25, -0.2) is 4.98 Å². The fourth-order valence-corrected chi connectivity index (χ4v) is 2.76. The number of amides is 2. The number of thiazole rings is 1. The van der Waals surface area contributed by atoms with Crippen LogP contribution in [0.5, 0.6) is 0 Å². The lowest BCUT2D eigenvalue weighted by Gasteiger charge is -2.03. The Hall–Kier alpha value is -2.21. The molecule has 0 bridgehead atoms. The van der Waals surface area contributed by atoms with Crippen molar-refractivity contribution in [3.63, 3.8) is 0 Å². The van der Waals surface area contributed by atoms with Crippen LogP contribution in [0.15, 0.2) is 29.6 Å². The summed E-state index contributed by atoms with van der Waals surface area (Å²) in [6, 6.07) is 7.51. The second-order valence-electron chi connectivity index (χ2n) is 4.93. The Bertz CT molecular complexity index is 667. The highest BCUT2D eigenvalue weighted by atomic mass is 32.1. The van der Waals surface area contributed by atoms with Gasteiger partial charge in [0.05, 0.1) is 12.1 Å². The lowest BCUT2D eigenvalue weighted by molar-refractivity contribution is -0.120. The summed E-state index contributed by atoms with van der Waals surface area (Å²) in [6.45, 7) is 4.18. The molecule has 116 valence electrons. The predicted molar refractivity (Wildman–Crippen MR) is 88.9 cm³/mol. The van der Waals surface area contributed by atoms with Crippen LogP contribution in [0.1, 0.15) is 26.0 Å². The second-order valence-corrected chi connectivity index (χ2v) is 5.79. The fraction of sp³-hybridized carbons (Fsp3) is 0.312. The van der Waals surface area contributed by atoms with Gasteiger partial charge in [0.15, 0.2) is 0 Å². The van der Waals surface area contributed by atoms with E-state index in [4.69, 9.17) is 0 Å². The Balaban J connectivity index is 2.07. The van der Waals surface area contributed by atoms with E-state index in [0.29, 0.717) is 13.0 Å². The molecule has 22 heavy (non-hydrogen) atoms. The molecule has 2 N–H and O–H groups in total. The SMILES string of the molecule is CCCNC(=O)Cc1csc(-c2cccc(NC(C)=O)c2)n1. The van der Waals surface area contributed by atoms with Crippen LogP contribution in [0.2, 0.25) is 0 Å². The van der Waals surface area contributed by atoms with Gasteiger partial charge < -0.3 is 10.6 Å². The van der Waals surface area contributed by atoms with E-state index in [-0.39, 0.29) is 11.8 Å². The fourth-order valence-electron chi connectivity index (χ4n) is 1.95. The molecule has 0 fully saturated rings. The van der Waals surface area contributed by atoms with Crippen molar-refractivity contribution in [1.29, 1.82) is 0 Å². The topological polar surface area (TPSA) is 71.1 Å². The highest BCUT2D eigenvalue weighted by molar-refractivity contribution is 7.13. The summed E-state index contributed by atoms with van der Waals surface area (Å²) in [6.07, 6.45) is 1.21. The van der Waals surface area contributed by atoms with Gasteiger partial charge in [0, 0.05) is 30.1 Å². The van der Waals surface area contributed by atoms with E-state index < -0.39 is 0 Å². The first-order valence-electron chi connectivity index (χ1n) is 7.17. The number of rotatable bonds is 6. The van der Waals surface area contributed by atoms with Crippen molar-refractivity contribution in [3.8, 4) is 10.6 Å². The van der Waals surface area contributed by atoms with Crippen LogP contribution in [-0.4, -0.2) is 23.3 Å². The Morgan fingerprint density at radius 1 is 1.32 bits per heavy atom. The first-order valence-corrected chi connectivity index (χ1v) is 8.05. The number of aromatic nitrogens is 1. The molecule has 2 amide bonds. The lowest BCUT2D eigenvalue weighted by Crippen LogP contribution is -2.25. The van der Waals surface area contributed by atoms with E-state index >= 15 is 0 Å². The van der Waals surface area contributed by atoms with Gasteiger partial charge in [-0.3, -0.25) is 9.59 Å². The van der Waals surface area contributed by atoms with Crippen molar-refractivity contribution in [3.05, 3.63) is 35.3 Å². The summed E-state index contributed by atoms with van der Waals surface area (Å²) in [4.78, 5) is 27.3. The molecule has 1 aromatic heterocycles. The number of carbonyl (C=O) groups is 2. The summed E-state index contributed by atoms with van der Waals surface area (Å²) in [5, 5.41) is 8.32. The van der Waals surface area contributed by atoms with Crippen LogP contribution < -0.4 is 10.6 Å². The van der Waals surface area contributed by atoms with Gasteiger partial charge in [-0.1, -0.05) is 19.1 Å². The van der Waals surface area contributed by atoms with Crippen LogP contribution >= 0.6 is 11.3 Å². The molecule has 0 atom stereocenters. The first-order chi connectivity index (χ1) is 10.6. The molecule has 5 nitrogen and oxygen atoms in total. The Kier molecular flexibility index (Phi) is 5.66. The maximum Gasteiger partial charge on any atom is 0.226 e. The van der Waals surface area contributed by atoms with E-state index in [1.54, 1.807) is 0 Å². The second kappa shape index (κ2) is 7.70. The minimum atomic E-state index is -0.107. The highest BCUT2D eigenvalue weighted by Gasteiger charge is 2.09. The molecule has 0 radical (unpaired) electrons. The molecule has 0 saturated heterocycles.